The minimum atomic E-state index is -0.211. The number of fused-ring (bicyclic) bond motifs is 1. The summed E-state index contributed by atoms with van der Waals surface area (Å²) < 4.78 is 5.57. The van der Waals surface area contributed by atoms with Gasteiger partial charge in [0.15, 0.2) is 6.61 Å². The molecule has 3 aromatic rings. The fraction of sp³-hybridized carbons (Fsp3) is 0.211. The number of aryl methyl sites for hydroxylation is 1. The highest BCUT2D eigenvalue weighted by molar-refractivity contribution is 5.78. The lowest BCUT2D eigenvalue weighted by molar-refractivity contribution is -0.132. The fourth-order valence-corrected chi connectivity index (χ4v) is 2.49. The average molecular weight is 337 g/mol. The second-order valence-electron chi connectivity index (χ2n) is 5.83. The van der Waals surface area contributed by atoms with Gasteiger partial charge in [-0.1, -0.05) is 30.3 Å². The lowest BCUT2D eigenvalue weighted by Gasteiger charge is -2.17. The predicted octanol–water partition coefficient (Wildman–Crippen LogP) is 2.27. The van der Waals surface area contributed by atoms with Gasteiger partial charge in [0.1, 0.15) is 11.6 Å². The molecule has 0 aliphatic rings. The number of benzene rings is 2. The van der Waals surface area contributed by atoms with Gasteiger partial charge in [0.2, 0.25) is 0 Å². The van der Waals surface area contributed by atoms with E-state index in [4.69, 9.17) is 4.74 Å². The predicted molar refractivity (Wildman–Crippen MR) is 95.5 cm³/mol. The second-order valence-corrected chi connectivity index (χ2v) is 5.83. The van der Waals surface area contributed by atoms with E-state index in [-0.39, 0.29) is 24.6 Å². The van der Waals surface area contributed by atoms with E-state index >= 15 is 0 Å². The van der Waals surface area contributed by atoms with Crippen molar-refractivity contribution in [1.29, 1.82) is 0 Å². The number of ether oxygens (including phenoxy) is 1. The van der Waals surface area contributed by atoms with Gasteiger partial charge in [-0.05, 0) is 30.7 Å². The van der Waals surface area contributed by atoms with E-state index in [0.29, 0.717) is 22.5 Å². The molecule has 0 spiro atoms. The molecule has 0 saturated heterocycles. The van der Waals surface area contributed by atoms with Crippen LogP contribution >= 0.6 is 0 Å². The Morgan fingerprint density at radius 3 is 2.68 bits per heavy atom. The van der Waals surface area contributed by atoms with E-state index in [1.807, 2.05) is 37.3 Å². The molecule has 6 nitrogen and oxygen atoms in total. The number of aromatic nitrogens is 2. The van der Waals surface area contributed by atoms with Crippen LogP contribution in [0.1, 0.15) is 11.4 Å². The first-order valence-electron chi connectivity index (χ1n) is 7.95. The lowest BCUT2D eigenvalue weighted by Crippen LogP contribution is -2.32. The maximum absolute atomic E-state index is 12.3. The van der Waals surface area contributed by atoms with Crippen LogP contribution in [-0.4, -0.2) is 34.4 Å². The minimum Gasteiger partial charge on any atom is -0.484 e. The smallest absolute Gasteiger partial charge is 0.260 e. The van der Waals surface area contributed by atoms with Crippen molar-refractivity contribution in [1.82, 2.24) is 14.9 Å². The molecule has 1 heterocycles. The number of nitrogens with zero attached hydrogens (tertiary/aromatic N) is 2. The van der Waals surface area contributed by atoms with E-state index < -0.39 is 0 Å². The van der Waals surface area contributed by atoms with Gasteiger partial charge < -0.3 is 14.6 Å². The molecule has 0 bridgehead atoms. The third-order valence-electron chi connectivity index (χ3n) is 3.92. The van der Waals surface area contributed by atoms with Crippen molar-refractivity contribution in [3.05, 3.63) is 70.3 Å². The maximum atomic E-state index is 12.3. The van der Waals surface area contributed by atoms with Crippen molar-refractivity contribution >= 4 is 16.8 Å². The number of carbonyl (C=O) groups excluding carboxylic acids is 1. The van der Waals surface area contributed by atoms with Crippen LogP contribution in [-0.2, 0) is 11.3 Å². The standard InChI is InChI=1S/C19H19N3O3/c1-13-7-3-6-10-16(13)25-12-18(23)22(2)11-17-20-15-9-5-4-8-14(15)19(24)21-17/h3-10H,11-12H2,1-2H3,(H,20,21,24). The Kier molecular flexibility index (Phi) is 4.79. The molecule has 0 aliphatic heterocycles. The summed E-state index contributed by atoms with van der Waals surface area (Å²) in [4.78, 5) is 32.9. The summed E-state index contributed by atoms with van der Waals surface area (Å²) in [6, 6.07) is 14.6. The van der Waals surface area contributed by atoms with E-state index in [1.54, 1.807) is 25.2 Å². The molecule has 0 fully saturated rings. The molecule has 1 aromatic heterocycles. The summed E-state index contributed by atoms with van der Waals surface area (Å²) in [5, 5.41) is 0.531. The molecule has 128 valence electrons. The van der Waals surface area contributed by atoms with E-state index in [1.165, 1.54) is 4.90 Å². The largest absolute Gasteiger partial charge is 0.484 e. The van der Waals surface area contributed by atoms with Crippen molar-refractivity contribution in [2.24, 2.45) is 0 Å². The van der Waals surface area contributed by atoms with E-state index in [9.17, 15) is 9.59 Å². The Morgan fingerprint density at radius 2 is 1.88 bits per heavy atom. The number of rotatable bonds is 5. The first-order chi connectivity index (χ1) is 12.0. The van der Waals surface area contributed by atoms with Crippen molar-refractivity contribution < 1.29 is 9.53 Å². The molecule has 0 aliphatic carbocycles. The zero-order valence-corrected chi connectivity index (χ0v) is 14.2. The first-order valence-corrected chi connectivity index (χ1v) is 7.95. The molecule has 0 atom stereocenters. The lowest BCUT2D eigenvalue weighted by atomic mass is 10.2. The van der Waals surface area contributed by atoms with Crippen LogP contribution in [0.4, 0.5) is 0 Å². The van der Waals surface area contributed by atoms with Crippen LogP contribution in [0.5, 0.6) is 5.75 Å². The van der Waals surface area contributed by atoms with Gasteiger partial charge in [-0.3, -0.25) is 9.59 Å². The molecule has 0 radical (unpaired) electrons. The van der Waals surface area contributed by atoms with Crippen molar-refractivity contribution in [2.75, 3.05) is 13.7 Å². The molecule has 6 heteroatoms. The molecule has 1 amide bonds. The van der Waals surface area contributed by atoms with Gasteiger partial charge in [0.25, 0.3) is 11.5 Å². The highest BCUT2D eigenvalue weighted by Crippen LogP contribution is 2.16. The van der Waals surface area contributed by atoms with Gasteiger partial charge >= 0.3 is 0 Å². The molecule has 2 aromatic carbocycles. The molecule has 25 heavy (non-hydrogen) atoms. The number of hydrogen-bond donors (Lipinski definition) is 1. The van der Waals surface area contributed by atoms with Crippen LogP contribution in [0, 0.1) is 6.92 Å². The number of nitrogens with one attached hydrogen (secondary N) is 1. The SMILES string of the molecule is Cc1ccccc1OCC(=O)N(C)Cc1nc2ccccc2c(=O)[nH]1. The summed E-state index contributed by atoms with van der Waals surface area (Å²) in [6.07, 6.45) is 0. The Labute approximate surface area is 145 Å². The second kappa shape index (κ2) is 7.17. The highest BCUT2D eigenvalue weighted by atomic mass is 16.5. The number of hydrogen-bond acceptors (Lipinski definition) is 4. The molecular weight excluding hydrogens is 318 g/mol. The van der Waals surface area contributed by atoms with Gasteiger partial charge in [0.05, 0.1) is 17.4 Å². The number of para-hydroxylation sites is 2. The molecule has 1 N–H and O–H groups in total. The monoisotopic (exact) mass is 337 g/mol. The zero-order valence-electron chi connectivity index (χ0n) is 14.2. The van der Waals surface area contributed by atoms with Crippen molar-refractivity contribution in [2.45, 2.75) is 13.5 Å². The highest BCUT2D eigenvalue weighted by Gasteiger charge is 2.13. The first kappa shape index (κ1) is 16.7. The van der Waals surface area contributed by atoms with Crippen LogP contribution < -0.4 is 10.3 Å². The van der Waals surface area contributed by atoms with Gasteiger partial charge in [-0.25, -0.2) is 4.98 Å². The Balaban J connectivity index is 1.67. The van der Waals surface area contributed by atoms with E-state index in [2.05, 4.69) is 9.97 Å². The van der Waals surface area contributed by atoms with Crippen LogP contribution in [0.15, 0.2) is 53.3 Å². The molecule has 3 rings (SSSR count). The topological polar surface area (TPSA) is 75.3 Å². The van der Waals surface area contributed by atoms with Crippen LogP contribution in [0.25, 0.3) is 10.9 Å². The van der Waals surface area contributed by atoms with Gasteiger partial charge in [0, 0.05) is 7.05 Å². The normalized spacial score (nSPS) is 10.6. The molecule has 0 saturated carbocycles. The quantitative estimate of drug-likeness (QED) is 0.775. The summed E-state index contributed by atoms with van der Waals surface area (Å²) in [5.74, 6) is 0.927. The number of carbonyl (C=O) groups is 1. The zero-order chi connectivity index (χ0) is 17.8. The maximum Gasteiger partial charge on any atom is 0.260 e. The van der Waals surface area contributed by atoms with Gasteiger partial charge in [-0.2, -0.15) is 0 Å². The number of amides is 1. The Morgan fingerprint density at radius 1 is 1.16 bits per heavy atom. The average Bonchev–Trinajstić information content (AvgIpc) is 2.61. The van der Waals surface area contributed by atoms with Gasteiger partial charge in [-0.15, -0.1) is 0 Å². The van der Waals surface area contributed by atoms with Crippen molar-refractivity contribution in [3.63, 3.8) is 0 Å². The third kappa shape index (κ3) is 3.85. The summed E-state index contributed by atoms with van der Waals surface area (Å²) in [6.45, 7) is 2.06. The molecule has 0 unspecified atom stereocenters. The van der Waals surface area contributed by atoms with Crippen LogP contribution in [0.3, 0.4) is 0 Å². The number of aromatic amines is 1. The van der Waals surface area contributed by atoms with E-state index in [0.717, 1.165) is 5.56 Å². The fourth-order valence-electron chi connectivity index (χ4n) is 2.49. The summed E-state index contributed by atoms with van der Waals surface area (Å²) >= 11 is 0. The van der Waals surface area contributed by atoms with Crippen molar-refractivity contribution in [3.8, 4) is 5.75 Å². The summed E-state index contributed by atoms with van der Waals surface area (Å²) in [5.41, 5.74) is 1.37. The Hall–Kier alpha value is -3.15. The third-order valence-corrected chi connectivity index (χ3v) is 3.92. The summed E-state index contributed by atoms with van der Waals surface area (Å²) in [7, 11) is 1.65. The number of likely N-dealkylation sites (N-methyl/N-ethyl adjacent to an activating group) is 1. The Bertz CT molecular complexity index is 965. The molecular formula is C19H19N3O3. The number of H-pyrrole nitrogens is 1. The van der Waals surface area contributed by atoms with Crippen LogP contribution in [0.2, 0.25) is 0 Å². The minimum absolute atomic E-state index is 0.0703.